The molecule has 0 aliphatic carbocycles. The summed E-state index contributed by atoms with van der Waals surface area (Å²) in [5.41, 5.74) is 0.925. The smallest absolute Gasteiger partial charge is 0.303 e. The molecule has 0 fully saturated rings. The minimum absolute atomic E-state index is 0.103. The van der Waals surface area contributed by atoms with Gasteiger partial charge in [0.05, 0.1) is 0 Å². The van der Waals surface area contributed by atoms with E-state index in [1.165, 1.54) is 0 Å². The van der Waals surface area contributed by atoms with Crippen molar-refractivity contribution >= 4 is 5.97 Å². The number of aliphatic hydroxyl groups is 1. The Kier molecular flexibility index (Phi) is 5.47. The summed E-state index contributed by atoms with van der Waals surface area (Å²) in [6.07, 6.45) is 2.09. The number of hydrogen-bond donors (Lipinski definition) is 2. The third kappa shape index (κ3) is 7.06. The lowest BCUT2D eigenvalue weighted by Crippen LogP contribution is -1.95. The number of carbonyl (C=O) groups is 1. The number of carboxylic acids is 1. The minimum Gasteiger partial charge on any atom is -0.481 e. The van der Waals surface area contributed by atoms with E-state index in [9.17, 15) is 4.79 Å². The van der Waals surface area contributed by atoms with Crippen molar-refractivity contribution in [2.45, 2.75) is 25.7 Å². The Labute approximate surface area is 66.4 Å². The van der Waals surface area contributed by atoms with Gasteiger partial charge in [0.25, 0.3) is 0 Å². The first-order valence-electron chi connectivity index (χ1n) is 3.66. The summed E-state index contributed by atoms with van der Waals surface area (Å²) in [6.45, 7) is 3.79. The standard InChI is InChI=1S/C8H14O3/c1-7(5-6-9)3-2-4-8(10)11/h9H,1-6H2,(H,10,11). The third-order valence-electron chi connectivity index (χ3n) is 1.39. The van der Waals surface area contributed by atoms with Crippen LogP contribution in [0.3, 0.4) is 0 Å². The van der Waals surface area contributed by atoms with Crippen LogP contribution in [-0.2, 0) is 4.79 Å². The predicted octanol–water partition coefficient (Wildman–Crippen LogP) is 1.18. The molecule has 64 valence electrons. The molecule has 0 unspecified atom stereocenters. The van der Waals surface area contributed by atoms with Gasteiger partial charge in [-0.3, -0.25) is 4.79 Å². The molecule has 0 atom stereocenters. The van der Waals surface area contributed by atoms with Crippen LogP contribution in [0.15, 0.2) is 12.2 Å². The molecule has 0 aromatic carbocycles. The summed E-state index contributed by atoms with van der Waals surface area (Å²) in [4.78, 5) is 10.1. The van der Waals surface area contributed by atoms with E-state index >= 15 is 0 Å². The van der Waals surface area contributed by atoms with E-state index in [2.05, 4.69) is 6.58 Å². The lowest BCUT2D eigenvalue weighted by Gasteiger charge is -2.00. The van der Waals surface area contributed by atoms with Gasteiger partial charge in [-0.15, -0.1) is 0 Å². The molecule has 0 aliphatic rings. The van der Waals surface area contributed by atoms with Crippen LogP contribution in [0.4, 0.5) is 0 Å². The molecule has 0 aliphatic heterocycles. The van der Waals surface area contributed by atoms with Gasteiger partial charge < -0.3 is 10.2 Å². The Morgan fingerprint density at radius 1 is 1.27 bits per heavy atom. The van der Waals surface area contributed by atoms with Crippen molar-refractivity contribution in [3.05, 3.63) is 12.2 Å². The molecule has 0 radical (unpaired) electrons. The van der Waals surface area contributed by atoms with Crippen LogP contribution in [0.25, 0.3) is 0 Å². The van der Waals surface area contributed by atoms with Crippen molar-refractivity contribution in [3.8, 4) is 0 Å². The van der Waals surface area contributed by atoms with Crippen LogP contribution >= 0.6 is 0 Å². The van der Waals surface area contributed by atoms with E-state index in [-0.39, 0.29) is 13.0 Å². The van der Waals surface area contributed by atoms with Crippen LogP contribution in [0.1, 0.15) is 25.7 Å². The van der Waals surface area contributed by atoms with Crippen LogP contribution in [0.5, 0.6) is 0 Å². The fourth-order valence-electron chi connectivity index (χ4n) is 0.773. The second-order valence-electron chi connectivity index (χ2n) is 2.47. The molecule has 0 amide bonds. The number of hydrogen-bond acceptors (Lipinski definition) is 2. The molecule has 0 heterocycles. The summed E-state index contributed by atoms with van der Waals surface area (Å²) in [5.74, 6) is -0.776. The van der Waals surface area contributed by atoms with Gasteiger partial charge >= 0.3 is 5.97 Å². The van der Waals surface area contributed by atoms with Gasteiger partial charge in [-0.05, 0) is 19.3 Å². The lowest BCUT2D eigenvalue weighted by atomic mass is 10.1. The van der Waals surface area contributed by atoms with Crippen molar-refractivity contribution in [2.24, 2.45) is 0 Å². The summed E-state index contributed by atoms with van der Waals surface area (Å²) < 4.78 is 0. The van der Waals surface area contributed by atoms with E-state index in [0.29, 0.717) is 19.3 Å². The average Bonchev–Trinajstić information content (AvgIpc) is 1.87. The van der Waals surface area contributed by atoms with Crippen molar-refractivity contribution in [1.82, 2.24) is 0 Å². The van der Waals surface area contributed by atoms with Gasteiger partial charge in [-0.25, -0.2) is 0 Å². The summed E-state index contributed by atoms with van der Waals surface area (Å²) in [6, 6.07) is 0. The molecule has 0 spiro atoms. The molecule has 0 rings (SSSR count). The van der Waals surface area contributed by atoms with Crippen molar-refractivity contribution in [3.63, 3.8) is 0 Å². The first kappa shape index (κ1) is 10.2. The zero-order valence-electron chi connectivity index (χ0n) is 6.55. The number of rotatable bonds is 6. The highest BCUT2D eigenvalue weighted by Crippen LogP contribution is 2.07. The zero-order valence-corrected chi connectivity index (χ0v) is 6.55. The van der Waals surface area contributed by atoms with E-state index in [1.807, 2.05) is 0 Å². The Morgan fingerprint density at radius 2 is 1.91 bits per heavy atom. The number of aliphatic carboxylic acids is 1. The summed E-state index contributed by atoms with van der Waals surface area (Å²) in [7, 11) is 0. The molecule has 0 aromatic heterocycles. The zero-order chi connectivity index (χ0) is 8.69. The largest absolute Gasteiger partial charge is 0.481 e. The van der Waals surface area contributed by atoms with Crippen molar-refractivity contribution in [1.29, 1.82) is 0 Å². The van der Waals surface area contributed by atoms with Gasteiger partial charge in [-0.2, -0.15) is 0 Å². The van der Waals surface area contributed by atoms with Gasteiger partial charge in [0.1, 0.15) is 0 Å². The molecule has 0 aromatic rings. The number of carboxylic acid groups (broad SMARTS) is 1. The SMILES string of the molecule is C=C(CCO)CCCC(=O)O. The molecular weight excluding hydrogens is 144 g/mol. The van der Waals surface area contributed by atoms with Crippen LogP contribution < -0.4 is 0 Å². The van der Waals surface area contributed by atoms with Crippen LogP contribution in [-0.4, -0.2) is 22.8 Å². The Hall–Kier alpha value is -0.830. The highest BCUT2D eigenvalue weighted by molar-refractivity contribution is 5.66. The minimum atomic E-state index is -0.776. The lowest BCUT2D eigenvalue weighted by molar-refractivity contribution is -0.137. The van der Waals surface area contributed by atoms with Gasteiger partial charge in [0, 0.05) is 13.0 Å². The fraction of sp³-hybridized carbons (Fsp3) is 0.625. The maximum atomic E-state index is 10.1. The van der Waals surface area contributed by atoms with Crippen LogP contribution in [0.2, 0.25) is 0 Å². The summed E-state index contributed by atoms with van der Waals surface area (Å²) in [5, 5.41) is 16.7. The van der Waals surface area contributed by atoms with Crippen molar-refractivity contribution in [2.75, 3.05) is 6.61 Å². The van der Waals surface area contributed by atoms with Gasteiger partial charge in [0.2, 0.25) is 0 Å². The molecule has 0 saturated carbocycles. The second kappa shape index (κ2) is 5.92. The van der Waals surface area contributed by atoms with Gasteiger partial charge in [-0.1, -0.05) is 12.2 Å². The Balaban J connectivity index is 3.24. The molecule has 3 heteroatoms. The van der Waals surface area contributed by atoms with E-state index in [0.717, 1.165) is 5.57 Å². The first-order chi connectivity index (χ1) is 5.16. The fourth-order valence-corrected chi connectivity index (χ4v) is 0.773. The number of aliphatic hydroxyl groups excluding tert-OH is 1. The Morgan fingerprint density at radius 3 is 2.36 bits per heavy atom. The van der Waals surface area contributed by atoms with Gasteiger partial charge in [0.15, 0.2) is 0 Å². The second-order valence-corrected chi connectivity index (χ2v) is 2.47. The topological polar surface area (TPSA) is 57.5 Å². The maximum Gasteiger partial charge on any atom is 0.303 e. The third-order valence-corrected chi connectivity index (χ3v) is 1.39. The molecule has 11 heavy (non-hydrogen) atoms. The first-order valence-corrected chi connectivity index (χ1v) is 3.66. The van der Waals surface area contributed by atoms with E-state index < -0.39 is 5.97 Å². The predicted molar refractivity (Wildman–Crippen MR) is 42.3 cm³/mol. The highest BCUT2D eigenvalue weighted by atomic mass is 16.4. The van der Waals surface area contributed by atoms with E-state index in [4.69, 9.17) is 10.2 Å². The van der Waals surface area contributed by atoms with Crippen molar-refractivity contribution < 1.29 is 15.0 Å². The van der Waals surface area contributed by atoms with Crippen LogP contribution in [0, 0.1) is 0 Å². The molecule has 0 bridgehead atoms. The summed E-state index contributed by atoms with van der Waals surface area (Å²) >= 11 is 0. The molecule has 3 nitrogen and oxygen atoms in total. The van der Waals surface area contributed by atoms with E-state index in [1.54, 1.807) is 0 Å². The molecular formula is C8H14O3. The molecule has 2 N–H and O–H groups in total. The quantitative estimate of drug-likeness (QED) is 0.571. The average molecular weight is 158 g/mol. The normalized spacial score (nSPS) is 9.55. The maximum absolute atomic E-state index is 10.1. The Bertz CT molecular complexity index is 140. The molecule has 0 saturated heterocycles. The monoisotopic (exact) mass is 158 g/mol. The highest BCUT2D eigenvalue weighted by Gasteiger charge is 1.98.